The van der Waals surface area contributed by atoms with Crippen LogP contribution in [0.15, 0.2) is 47.4 Å². The second-order valence-corrected chi connectivity index (χ2v) is 4.72. The zero-order valence-corrected chi connectivity index (χ0v) is 11.4. The molecule has 0 amide bonds. The minimum absolute atomic E-state index is 0.174. The van der Waals surface area contributed by atoms with Crippen LogP contribution in [-0.4, -0.2) is 14.5 Å². The number of nitrogens with zero attached hydrogens (tertiary/aromatic N) is 3. The van der Waals surface area contributed by atoms with Crippen molar-refractivity contribution in [1.29, 1.82) is 0 Å². The molecule has 22 heavy (non-hydrogen) atoms. The van der Waals surface area contributed by atoms with Gasteiger partial charge in [-0.1, -0.05) is 0 Å². The van der Waals surface area contributed by atoms with E-state index in [2.05, 4.69) is 9.97 Å². The summed E-state index contributed by atoms with van der Waals surface area (Å²) in [6, 6.07) is 7.68. The number of hydrogen-bond donors (Lipinski definition) is 0. The Kier molecular flexibility index (Phi) is 3.20. The highest BCUT2D eigenvalue weighted by Gasteiger charge is 2.30. The molecule has 3 aromatic rings. The third kappa shape index (κ3) is 2.34. The zero-order valence-electron chi connectivity index (χ0n) is 11.4. The lowest BCUT2D eigenvalue weighted by Crippen LogP contribution is -2.23. The number of aromatic nitrogens is 3. The van der Waals surface area contributed by atoms with E-state index in [0.29, 0.717) is 17.0 Å². The number of pyridine rings is 1. The summed E-state index contributed by atoms with van der Waals surface area (Å²) in [5.74, 6) is 0.380. The molecule has 0 saturated heterocycles. The van der Waals surface area contributed by atoms with E-state index in [1.807, 2.05) is 0 Å². The van der Waals surface area contributed by atoms with E-state index in [4.69, 9.17) is 0 Å². The number of alkyl halides is 3. The van der Waals surface area contributed by atoms with Crippen LogP contribution in [0.1, 0.15) is 11.4 Å². The molecule has 7 heteroatoms. The molecule has 0 atom stereocenters. The van der Waals surface area contributed by atoms with Crippen LogP contribution in [0, 0.1) is 6.92 Å². The molecule has 112 valence electrons. The Bertz CT molecular complexity index is 899. The van der Waals surface area contributed by atoms with E-state index in [0.717, 1.165) is 12.1 Å². The maximum Gasteiger partial charge on any atom is 0.416 e. The second-order valence-electron chi connectivity index (χ2n) is 4.72. The Hall–Kier alpha value is -2.70. The summed E-state index contributed by atoms with van der Waals surface area (Å²) >= 11 is 0. The van der Waals surface area contributed by atoms with Crippen molar-refractivity contribution < 1.29 is 13.2 Å². The molecule has 2 heterocycles. The number of rotatable bonds is 1. The first kappa shape index (κ1) is 14.2. The normalized spacial score (nSPS) is 11.8. The van der Waals surface area contributed by atoms with E-state index in [1.54, 1.807) is 19.1 Å². The Morgan fingerprint density at radius 3 is 2.41 bits per heavy atom. The fourth-order valence-electron chi connectivity index (χ4n) is 2.23. The summed E-state index contributed by atoms with van der Waals surface area (Å²) in [6.07, 6.45) is -2.94. The molecule has 0 N–H and O–H groups in total. The average Bonchev–Trinajstić information content (AvgIpc) is 2.47. The Morgan fingerprint density at radius 1 is 1.09 bits per heavy atom. The van der Waals surface area contributed by atoms with Gasteiger partial charge in [-0.25, -0.2) is 9.97 Å². The molecule has 0 aliphatic rings. The van der Waals surface area contributed by atoms with Crippen molar-refractivity contribution >= 4 is 11.0 Å². The maximum absolute atomic E-state index is 12.6. The van der Waals surface area contributed by atoms with Crippen molar-refractivity contribution in [2.45, 2.75) is 13.1 Å². The molecule has 1 aromatic carbocycles. The lowest BCUT2D eigenvalue weighted by Gasteiger charge is -2.12. The largest absolute Gasteiger partial charge is 0.416 e. The van der Waals surface area contributed by atoms with Crippen LogP contribution in [0.25, 0.3) is 16.7 Å². The molecule has 0 aliphatic heterocycles. The van der Waals surface area contributed by atoms with E-state index in [1.165, 1.54) is 22.9 Å². The minimum atomic E-state index is -4.41. The first-order chi connectivity index (χ1) is 10.4. The topological polar surface area (TPSA) is 47.8 Å². The molecule has 0 spiro atoms. The SMILES string of the molecule is Cc1nc2cccnc2c(=O)n1-c1ccc(C(F)(F)F)cc1. The highest BCUT2D eigenvalue weighted by Crippen LogP contribution is 2.29. The smallest absolute Gasteiger partial charge is 0.266 e. The van der Waals surface area contributed by atoms with Gasteiger partial charge in [-0.15, -0.1) is 0 Å². The van der Waals surface area contributed by atoms with Crippen LogP contribution in [0.5, 0.6) is 0 Å². The van der Waals surface area contributed by atoms with Crippen LogP contribution in [0.2, 0.25) is 0 Å². The van der Waals surface area contributed by atoms with Crippen LogP contribution < -0.4 is 5.56 Å². The average molecular weight is 305 g/mol. The predicted molar refractivity (Wildman–Crippen MR) is 74.9 cm³/mol. The third-order valence-corrected chi connectivity index (χ3v) is 3.25. The fourth-order valence-corrected chi connectivity index (χ4v) is 2.23. The van der Waals surface area contributed by atoms with Gasteiger partial charge in [0.05, 0.1) is 16.8 Å². The fraction of sp³-hybridized carbons (Fsp3) is 0.133. The Labute approximate surface area is 122 Å². The van der Waals surface area contributed by atoms with Gasteiger partial charge in [0, 0.05) is 6.20 Å². The Balaban J connectivity index is 2.20. The second kappa shape index (κ2) is 4.94. The quantitative estimate of drug-likeness (QED) is 0.694. The molecule has 4 nitrogen and oxygen atoms in total. The molecule has 2 aromatic heterocycles. The number of aryl methyl sites for hydroxylation is 1. The first-order valence-corrected chi connectivity index (χ1v) is 6.40. The van der Waals surface area contributed by atoms with Crippen molar-refractivity contribution in [3.05, 3.63) is 64.3 Å². The lowest BCUT2D eigenvalue weighted by atomic mass is 10.2. The molecule has 3 rings (SSSR count). The van der Waals surface area contributed by atoms with E-state index >= 15 is 0 Å². The van der Waals surface area contributed by atoms with Gasteiger partial charge in [-0.3, -0.25) is 9.36 Å². The van der Waals surface area contributed by atoms with Crippen LogP contribution in [0.4, 0.5) is 13.2 Å². The van der Waals surface area contributed by atoms with Crippen molar-refractivity contribution in [2.24, 2.45) is 0 Å². The summed E-state index contributed by atoms with van der Waals surface area (Å²) in [5, 5.41) is 0. The molecule has 0 saturated carbocycles. The number of hydrogen-bond acceptors (Lipinski definition) is 3. The molecule has 0 radical (unpaired) electrons. The van der Waals surface area contributed by atoms with Gasteiger partial charge in [0.25, 0.3) is 5.56 Å². The third-order valence-electron chi connectivity index (χ3n) is 3.25. The van der Waals surface area contributed by atoms with Gasteiger partial charge in [0.15, 0.2) is 5.52 Å². The number of fused-ring (bicyclic) bond motifs is 1. The van der Waals surface area contributed by atoms with Gasteiger partial charge >= 0.3 is 6.18 Å². The standard InChI is InChI=1S/C15H10F3N3O/c1-9-20-12-3-2-8-19-13(12)14(22)21(9)11-6-4-10(5-7-11)15(16,17)18/h2-8H,1H3. The van der Waals surface area contributed by atoms with Crippen molar-refractivity contribution in [3.8, 4) is 5.69 Å². The molecule has 0 fully saturated rings. The van der Waals surface area contributed by atoms with E-state index < -0.39 is 17.3 Å². The van der Waals surface area contributed by atoms with Crippen LogP contribution >= 0.6 is 0 Å². The van der Waals surface area contributed by atoms with Crippen LogP contribution in [-0.2, 0) is 6.18 Å². The maximum atomic E-state index is 12.6. The molecular formula is C15H10F3N3O. The highest BCUT2D eigenvalue weighted by molar-refractivity contribution is 5.73. The first-order valence-electron chi connectivity index (χ1n) is 6.40. The van der Waals surface area contributed by atoms with Gasteiger partial charge < -0.3 is 0 Å². The van der Waals surface area contributed by atoms with Crippen LogP contribution in [0.3, 0.4) is 0 Å². The van der Waals surface area contributed by atoms with Gasteiger partial charge in [0.2, 0.25) is 0 Å². The molecular weight excluding hydrogens is 295 g/mol. The van der Waals surface area contributed by atoms with E-state index in [-0.39, 0.29) is 5.52 Å². The van der Waals surface area contributed by atoms with E-state index in [9.17, 15) is 18.0 Å². The van der Waals surface area contributed by atoms with Gasteiger partial charge in [-0.05, 0) is 43.3 Å². The molecule has 0 bridgehead atoms. The minimum Gasteiger partial charge on any atom is -0.266 e. The highest BCUT2D eigenvalue weighted by atomic mass is 19.4. The summed E-state index contributed by atoms with van der Waals surface area (Å²) < 4.78 is 39.0. The molecule has 0 unspecified atom stereocenters. The van der Waals surface area contributed by atoms with Crippen molar-refractivity contribution in [3.63, 3.8) is 0 Å². The number of halogens is 3. The van der Waals surface area contributed by atoms with Gasteiger partial charge in [0.1, 0.15) is 5.82 Å². The summed E-state index contributed by atoms with van der Waals surface area (Å²) in [7, 11) is 0. The monoisotopic (exact) mass is 305 g/mol. The van der Waals surface area contributed by atoms with Gasteiger partial charge in [-0.2, -0.15) is 13.2 Å². The lowest BCUT2D eigenvalue weighted by molar-refractivity contribution is -0.137. The van der Waals surface area contributed by atoms with Crippen molar-refractivity contribution in [2.75, 3.05) is 0 Å². The van der Waals surface area contributed by atoms with Crippen molar-refractivity contribution in [1.82, 2.24) is 14.5 Å². The summed E-state index contributed by atoms with van der Waals surface area (Å²) in [4.78, 5) is 20.7. The summed E-state index contributed by atoms with van der Waals surface area (Å²) in [6.45, 7) is 1.62. The molecule has 0 aliphatic carbocycles. The zero-order chi connectivity index (χ0) is 15.9. The predicted octanol–water partition coefficient (Wildman–Crippen LogP) is 3.11. The summed E-state index contributed by atoms with van der Waals surface area (Å²) in [5.41, 5.74) is -0.242. The Morgan fingerprint density at radius 2 is 1.77 bits per heavy atom. The number of benzene rings is 1.